The summed E-state index contributed by atoms with van der Waals surface area (Å²) in [4.78, 5) is 0. The summed E-state index contributed by atoms with van der Waals surface area (Å²) in [6, 6.07) is 6.96. The minimum atomic E-state index is -0.124. The van der Waals surface area contributed by atoms with Crippen molar-refractivity contribution in [3.8, 4) is 0 Å². The molecular formula is C11H16NO2-. The number of benzene rings is 1. The van der Waals surface area contributed by atoms with Gasteiger partial charge >= 0.3 is 0 Å². The summed E-state index contributed by atoms with van der Waals surface area (Å²) in [5, 5.41) is 19.0. The molecule has 0 saturated carbocycles. The Balaban J connectivity index is 2.74. The maximum Gasteiger partial charge on any atom is 0.0508 e. The lowest BCUT2D eigenvalue weighted by molar-refractivity contribution is 0.296. The van der Waals surface area contributed by atoms with Crippen LogP contribution in [-0.2, 0) is 6.42 Å². The summed E-state index contributed by atoms with van der Waals surface area (Å²) in [6.07, 6.45) is 0.956. The Kier molecular flexibility index (Phi) is 3.13. The standard InChI is InChI=1S/C11H16NO2/c1-11(2,3)8-9-4-6-10(7-5-9)12(13)14/h4-7,13H,8H2,1-3H3/q-1. The highest BCUT2D eigenvalue weighted by atomic mass is 16.8. The molecule has 0 fully saturated rings. The highest BCUT2D eigenvalue weighted by Gasteiger charge is 2.10. The molecule has 0 spiro atoms. The van der Waals surface area contributed by atoms with Gasteiger partial charge in [0.05, 0.1) is 5.69 Å². The van der Waals surface area contributed by atoms with E-state index in [0.717, 1.165) is 6.42 Å². The first-order chi connectivity index (χ1) is 6.38. The van der Waals surface area contributed by atoms with Crippen LogP contribution in [0, 0.1) is 10.6 Å². The van der Waals surface area contributed by atoms with Crippen LogP contribution in [0.15, 0.2) is 24.3 Å². The summed E-state index contributed by atoms with van der Waals surface area (Å²) in [5.41, 5.74) is 1.67. The van der Waals surface area contributed by atoms with Gasteiger partial charge in [-0.1, -0.05) is 32.9 Å². The van der Waals surface area contributed by atoms with Crippen LogP contribution in [0.4, 0.5) is 5.69 Å². The number of rotatable bonds is 2. The van der Waals surface area contributed by atoms with E-state index in [1.165, 1.54) is 5.56 Å². The lowest BCUT2D eigenvalue weighted by Gasteiger charge is -2.22. The minimum absolute atomic E-state index is 0.124. The minimum Gasteiger partial charge on any atom is -0.733 e. The molecule has 0 aliphatic carbocycles. The van der Waals surface area contributed by atoms with E-state index < -0.39 is 0 Å². The van der Waals surface area contributed by atoms with E-state index in [1.807, 2.05) is 12.1 Å². The maximum atomic E-state index is 10.5. The average Bonchev–Trinajstić information content (AvgIpc) is 2.02. The Labute approximate surface area is 84.5 Å². The monoisotopic (exact) mass is 194 g/mol. The van der Waals surface area contributed by atoms with E-state index in [0.29, 0.717) is 0 Å². The van der Waals surface area contributed by atoms with Gasteiger partial charge in [-0.3, -0.25) is 5.21 Å². The maximum absolute atomic E-state index is 10.5. The van der Waals surface area contributed by atoms with Gasteiger partial charge in [0, 0.05) is 0 Å². The second-order valence-corrected chi connectivity index (χ2v) is 4.68. The van der Waals surface area contributed by atoms with Crippen LogP contribution < -0.4 is 5.23 Å². The van der Waals surface area contributed by atoms with E-state index in [4.69, 9.17) is 5.21 Å². The van der Waals surface area contributed by atoms with Gasteiger partial charge in [0.25, 0.3) is 0 Å². The smallest absolute Gasteiger partial charge is 0.0508 e. The van der Waals surface area contributed by atoms with Crippen LogP contribution in [0.2, 0.25) is 0 Å². The van der Waals surface area contributed by atoms with Crippen molar-refractivity contribution in [2.75, 3.05) is 5.23 Å². The normalized spacial score (nSPS) is 11.5. The highest BCUT2D eigenvalue weighted by Crippen LogP contribution is 2.22. The van der Waals surface area contributed by atoms with E-state index in [9.17, 15) is 5.21 Å². The predicted octanol–water partition coefficient (Wildman–Crippen LogP) is 2.97. The first kappa shape index (κ1) is 11.0. The quantitative estimate of drug-likeness (QED) is 0.736. The summed E-state index contributed by atoms with van der Waals surface area (Å²) in [7, 11) is 0. The van der Waals surface area contributed by atoms with Crippen LogP contribution >= 0.6 is 0 Å². The van der Waals surface area contributed by atoms with Gasteiger partial charge in [-0.2, -0.15) is 0 Å². The first-order valence-electron chi connectivity index (χ1n) is 4.63. The fourth-order valence-electron chi connectivity index (χ4n) is 1.35. The van der Waals surface area contributed by atoms with Crippen molar-refractivity contribution in [2.24, 2.45) is 5.41 Å². The molecule has 0 unspecified atom stereocenters. The topological polar surface area (TPSA) is 46.5 Å². The lowest BCUT2D eigenvalue weighted by atomic mass is 9.88. The molecule has 1 rings (SSSR count). The Morgan fingerprint density at radius 3 is 2.07 bits per heavy atom. The molecule has 1 aromatic carbocycles. The Morgan fingerprint density at radius 1 is 1.21 bits per heavy atom. The predicted molar refractivity (Wildman–Crippen MR) is 57.2 cm³/mol. The van der Waals surface area contributed by atoms with E-state index in [1.54, 1.807) is 12.1 Å². The molecule has 78 valence electrons. The van der Waals surface area contributed by atoms with Gasteiger partial charge in [-0.05, 0) is 29.5 Å². The van der Waals surface area contributed by atoms with Crippen molar-refractivity contribution in [1.82, 2.24) is 0 Å². The van der Waals surface area contributed by atoms with Crippen molar-refractivity contribution in [3.63, 3.8) is 0 Å². The van der Waals surface area contributed by atoms with E-state index in [2.05, 4.69) is 20.8 Å². The Morgan fingerprint density at radius 2 is 1.71 bits per heavy atom. The third kappa shape index (κ3) is 3.36. The van der Waals surface area contributed by atoms with Gasteiger partial charge in [0.2, 0.25) is 0 Å². The Hall–Kier alpha value is -1.06. The van der Waals surface area contributed by atoms with Crippen LogP contribution in [0.5, 0.6) is 0 Å². The van der Waals surface area contributed by atoms with Crippen molar-refractivity contribution in [3.05, 3.63) is 35.0 Å². The van der Waals surface area contributed by atoms with Crippen LogP contribution in [0.1, 0.15) is 26.3 Å². The first-order valence-corrected chi connectivity index (χ1v) is 4.63. The zero-order valence-electron chi connectivity index (χ0n) is 8.82. The lowest BCUT2D eigenvalue weighted by Crippen LogP contribution is -2.10. The molecule has 0 heterocycles. The van der Waals surface area contributed by atoms with Gasteiger partial charge in [0.1, 0.15) is 0 Å². The molecule has 0 amide bonds. The van der Waals surface area contributed by atoms with E-state index >= 15 is 0 Å². The molecule has 14 heavy (non-hydrogen) atoms. The zero-order valence-corrected chi connectivity index (χ0v) is 8.82. The number of nitrogens with zero attached hydrogens (tertiary/aromatic N) is 1. The average molecular weight is 194 g/mol. The fourth-order valence-corrected chi connectivity index (χ4v) is 1.35. The van der Waals surface area contributed by atoms with E-state index in [-0.39, 0.29) is 16.3 Å². The highest BCUT2D eigenvalue weighted by molar-refractivity contribution is 5.45. The molecule has 1 N–H and O–H groups in total. The second-order valence-electron chi connectivity index (χ2n) is 4.68. The third-order valence-corrected chi connectivity index (χ3v) is 1.89. The molecule has 3 heteroatoms. The summed E-state index contributed by atoms with van der Waals surface area (Å²) in [5.74, 6) is 0. The molecule has 0 aliphatic rings. The summed E-state index contributed by atoms with van der Waals surface area (Å²) < 4.78 is 0. The molecule has 0 aliphatic heterocycles. The molecule has 0 atom stereocenters. The second kappa shape index (κ2) is 3.98. The molecule has 0 saturated heterocycles. The molecule has 1 aromatic rings. The van der Waals surface area contributed by atoms with Gasteiger partial charge in [0.15, 0.2) is 0 Å². The molecule has 3 nitrogen and oxygen atoms in total. The third-order valence-electron chi connectivity index (χ3n) is 1.89. The fraction of sp³-hybridized carbons (Fsp3) is 0.455. The van der Waals surface area contributed by atoms with Gasteiger partial charge in [-0.25, -0.2) is 0 Å². The van der Waals surface area contributed by atoms with Crippen molar-refractivity contribution in [1.29, 1.82) is 0 Å². The SMILES string of the molecule is CC(C)(C)Cc1ccc(N([O-])O)cc1. The van der Waals surface area contributed by atoms with Crippen LogP contribution in [0.25, 0.3) is 0 Å². The van der Waals surface area contributed by atoms with Crippen LogP contribution in [0.3, 0.4) is 0 Å². The summed E-state index contributed by atoms with van der Waals surface area (Å²) >= 11 is 0. The van der Waals surface area contributed by atoms with Gasteiger partial charge < -0.3 is 10.4 Å². The van der Waals surface area contributed by atoms with Crippen LogP contribution in [-0.4, -0.2) is 5.21 Å². The molecule has 0 aromatic heterocycles. The van der Waals surface area contributed by atoms with Crippen molar-refractivity contribution >= 4 is 5.69 Å². The number of hydrogen-bond donors (Lipinski definition) is 1. The molecule has 0 radical (unpaired) electrons. The summed E-state index contributed by atoms with van der Waals surface area (Å²) in [6.45, 7) is 6.48. The van der Waals surface area contributed by atoms with Crippen molar-refractivity contribution in [2.45, 2.75) is 27.2 Å². The molecular weight excluding hydrogens is 178 g/mol. The Bertz CT molecular complexity index is 285. The van der Waals surface area contributed by atoms with Gasteiger partial charge in [-0.15, -0.1) is 0 Å². The largest absolute Gasteiger partial charge is 0.733 e. The number of hydrogen-bond acceptors (Lipinski definition) is 3. The number of anilines is 1. The molecule has 0 bridgehead atoms. The zero-order chi connectivity index (χ0) is 10.8. The van der Waals surface area contributed by atoms with Crippen molar-refractivity contribution < 1.29 is 5.21 Å².